The Bertz CT molecular complexity index is 475. The zero-order valence-corrected chi connectivity index (χ0v) is 12.6. The monoisotopic (exact) mass is 278 g/mol. The first-order valence-electron chi connectivity index (χ1n) is 6.60. The van der Waals surface area contributed by atoms with Crippen molar-refractivity contribution in [1.29, 1.82) is 0 Å². The van der Waals surface area contributed by atoms with Crippen LogP contribution in [-0.2, 0) is 10.2 Å². The van der Waals surface area contributed by atoms with Crippen LogP contribution in [0.15, 0.2) is 29.2 Å². The average Bonchev–Trinajstić information content (AvgIpc) is 3.16. The molecule has 1 aromatic rings. The molecule has 2 rings (SSSR count). The second-order valence-electron chi connectivity index (χ2n) is 5.88. The van der Waals surface area contributed by atoms with E-state index >= 15 is 0 Å². The smallest absolute Gasteiger partial charge is 0.239 e. The summed E-state index contributed by atoms with van der Waals surface area (Å²) in [5, 5.41) is 3.00. The first kappa shape index (κ1) is 14.4. The van der Waals surface area contributed by atoms with Gasteiger partial charge in [-0.05, 0) is 44.6 Å². The third-order valence-corrected chi connectivity index (χ3v) is 4.50. The fourth-order valence-corrected chi connectivity index (χ4v) is 2.97. The fourth-order valence-electron chi connectivity index (χ4n) is 2.25. The molecule has 0 unspecified atom stereocenters. The maximum absolute atomic E-state index is 11.9. The van der Waals surface area contributed by atoms with Crippen molar-refractivity contribution in [2.24, 2.45) is 5.73 Å². The van der Waals surface area contributed by atoms with Gasteiger partial charge in [0.1, 0.15) is 0 Å². The largest absolute Gasteiger partial charge is 0.354 e. The summed E-state index contributed by atoms with van der Waals surface area (Å²) in [7, 11) is 0. The first-order valence-corrected chi connectivity index (χ1v) is 7.82. The number of hydrogen-bond acceptors (Lipinski definition) is 3. The zero-order valence-electron chi connectivity index (χ0n) is 11.8. The highest BCUT2D eigenvalue weighted by Crippen LogP contribution is 2.50. The minimum atomic E-state index is -0.810. The van der Waals surface area contributed by atoms with Gasteiger partial charge in [-0.3, -0.25) is 4.79 Å². The third kappa shape index (κ3) is 3.12. The van der Waals surface area contributed by atoms with Crippen LogP contribution >= 0.6 is 11.8 Å². The number of nitrogens with one attached hydrogen (secondary N) is 1. The van der Waals surface area contributed by atoms with Crippen LogP contribution in [0.4, 0.5) is 0 Å². The Kier molecular flexibility index (Phi) is 3.92. The lowest BCUT2D eigenvalue weighted by molar-refractivity contribution is -0.125. The predicted octanol–water partition coefficient (Wildman–Crippen LogP) is 2.29. The fraction of sp³-hybridized carbons (Fsp3) is 0.533. The number of nitrogens with two attached hydrogens (primary N) is 1. The minimum absolute atomic E-state index is 0.0830. The number of carbonyl (C=O) groups is 1. The van der Waals surface area contributed by atoms with Crippen LogP contribution in [0.25, 0.3) is 0 Å². The standard InChI is InChI=1S/C15H22N2OS/c1-14(2,16)13(18)17-10-15(8-9-15)11-6-4-5-7-12(11)19-3/h4-7H,8-10,16H2,1-3H3,(H,17,18). The SMILES string of the molecule is CSc1ccccc1C1(CNC(=O)C(C)(C)N)CC1. The molecule has 1 amide bonds. The summed E-state index contributed by atoms with van der Waals surface area (Å²) in [6, 6.07) is 8.46. The number of benzene rings is 1. The summed E-state index contributed by atoms with van der Waals surface area (Å²) in [5.74, 6) is -0.0830. The molecule has 0 aliphatic heterocycles. The Morgan fingerprint density at radius 3 is 2.58 bits per heavy atom. The van der Waals surface area contributed by atoms with Crippen LogP contribution in [0.5, 0.6) is 0 Å². The number of rotatable bonds is 5. The van der Waals surface area contributed by atoms with Crippen molar-refractivity contribution >= 4 is 17.7 Å². The van der Waals surface area contributed by atoms with Crippen molar-refractivity contribution in [3.63, 3.8) is 0 Å². The average molecular weight is 278 g/mol. The molecule has 0 saturated heterocycles. The van der Waals surface area contributed by atoms with E-state index in [-0.39, 0.29) is 11.3 Å². The summed E-state index contributed by atoms with van der Waals surface area (Å²) < 4.78 is 0. The molecule has 1 aromatic carbocycles. The second-order valence-corrected chi connectivity index (χ2v) is 6.73. The van der Waals surface area contributed by atoms with Gasteiger partial charge in [0.25, 0.3) is 0 Å². The maximum Gasteiger partial charge on any atom is 0.239 e. The van der Waals surface area contributed by atoms with E-state index in [0.717, 1.165) is 12.8 Å². The van der Waals surface area contributed by atoms with Crippen LogP contribution in [0.3, 0.4) is 0 Å². The number of hydrogen-bond donors (Lipinski definition) is 2. The Labute approximate surface area is 119 Å². The van der Waals surface area contributed by atoms with Gasteiger partial charge in [-0.2, -0.15) is 0 Å². The number of thioether (sulfide) groups is 1. The first-order chi connectivity index (χ1) is 8.89. The molecule has 19 heavy (non-hydrogen) atoms. The molecule has 0 atom stereocenters. The summed E-state index contributed by atoms with van der Waals surface area (Å²) in [4.78, 5) is 13.2. The van der Waals surface area contributed by atoms with Gasteiger partial charge < -0.3 is 11.1 Å². The van der Waals surface area contributed by atoms with E-state index in [0.29, 0.717) is 6.54 Å². The van der Waals surface area contributed by atoms with E-state index in [4.69, 9.17) is 5.73 Å². The molecule has 3 N–H and O–H groups in total. The summed E-state index contributed by atoms with van der Waals surface area (Å²) >= 11 is 1.76. The molecule has 0 aromatic heterocycles. The number of amides is 1. The lowest BCUT2D eigenvalue weighted by Gasteiger charge is -2.23. The second kappa shape index (κ2) is 5.17. The normalized spacial score (nSPS) is 17.1. The van der Waals surface area contributed by atoms with Gasteiger partial charge in [-0.1, -0.05) is 18.2 Å². The molecule has 0 bridgehead atoms. The Morgan fingerprint density at radius 2 is 2.05 bits per heavy atom. The van der Waals surface area contributed by atoms with Gasteiger partial charge in [0.05, 0.1) is 5.54 Å². The molecule has 1 aliphatic carbocycles. The summed E-state index contributed by atoms with van der Waals surface area (Å²) in [6.07, 6.45) is 4.36. The van der Waals surface area contributed by atoms with Crippen LogP contribution in [0, 0.1) is 0 Å². The van der Waals surface area contributed by atoms with E-state index < -0.39 is 5.54 Å². The van der Waals surface area contributed by atoms with Crippen molar-refractivity contribution in [2.75, 3.05) is 12.8 Å². The van der Waals surface area contributed by atoms with Crippen molar-refractivity contribution in [2.45, 2.75) is 42.5 Å². The van der Waals surface area contributed by atoms with E-state index in [2.05, 4.69) is 35.8 Å². The molecule has 0 heterocycles. The van der Waals surface area contributed by atoms with Crippen LogP contribution in [0.1, 0.15) is 32.3 Å². The quantitative estimate of drug-likeness (QED) is 0.813. The van der Waals surface area contributed by atoms with Crippen LogP contribution < -0.4 is 11.1 Å². The molecule has 3 nitrogen and oxygen atoms in total. The van der Waals surface area contributed by atoms with Gasteiger partial charge in [0, 0.05) is 16.9 Å². The topological polar surface area (TPSA) is 55.1 Å². The van der Waals surface area contributed by atoms with Gasteiger partial charge in [-0.25, -0.2) is 0 Å². The van der Waals surface area contributed by atoms with Gasteiger partial charge >= 0.3 is 0 Å². The molecule has 0 spiro atoms. The van der Waals surface area contributed by atoms with Crippen molar-refractivity contribution in [3.8, 4) is 0 Å². The van der Waals surface area contributed by atoms with Gasteiger partial charge in [-0.15, -0.1) is 11.8 Å². The summed E-state index contributed by atoms with van der Waals surface area (Å²) in [5.41, 5.74) is 6.48. The minimum Gasteiger partial charge on any atom is -0.354 e. The van der Waals surface area contributed by atoms with Crippen LogP contribution in [0.2, 0.25) is 0 Å². The molecule has 104 valence electrons. The Morgan fingerprint density at radius 1 is 1.42 bits per heavy atom. The molecule has 0 radical (unpaired) electrons. The highest BCUT2D eigenvalue weighted by atomic mass is 32.2. The Hall–Kier alpha value is -1.00. The predicted molar refractivity (Wildman–Crippen MR) is 80.4 cm³/mol. The molecule has 4 heteroatoms. The number of carbonyl (C=O) groups excluding carboxylic acids is 1. The van der Waals surface area contributed by atoms with Gasteiger partial charge in [0.15, 0.2) is 0 Å². The molecular formula is C15H22N2OS. The zero-order chi connectivity index (χ0) is 14.1. The van der Waals surface area contributed by atoms with E-state index in [1.807, 2.05) is 0 Å². The lowest BCUT2D eigenvalue weighted by atomic mass is 9.95. The highest BCUT2D eigenvalue weighted by Gasteiger charge is 2.45. The molecule has 1 saturated carbocycles. The van der Waals surface area contributed by atoms with E-state index in [1.165, 1.54) is 10.5 Å². The van der Waals surface area contributed by atoms with E-state index in [1.54, 1.807) is 25.6 Å². The summed E-state index contributed by atoms with van der Waals surface area (Å²) in [6.45, 7) is 4.15. The van der Waals surface area contributed by atoms with Crippen molar-refractivity contribution in [3.05, 3.63) is 29.8 Å². The highest BCUT2D eigenvalue weighted by molar-refractivity contribution is 7.98. The molecule has 1 fully saturated rings. The van der Waals surface area contributed by atoms with Gasteiger partial charge in [0.2, 0.25) is 5.91 Å². The lowest BCUT2D eigenvalue weighted by Crippen LogP contribution is -2.50. The Balaban J connectivity index is 2.10. The van der Waals surface area contributed by atoms with Crippen molar-refractivity contribution in [1.82, 2.24) is 5.32 Å². The third-order valence-electron chi connectivity index (χ3n) is 3.70. The maximum atomic E-state index is 11.9. The van der Waals surface area contributed by atoms with Crippen LogP contribution in [-0.4, -0.2) is 24.2 Å². The molecule has 1 aliphatic rings. The molecular weight excluding hydrogens is 256 g/mol. The van der Waals surface area contributed by atoms with Crippen molar-refractivity contribution < 1.29 is 4.79 Å². The van der Waals surface area contributed by atoms with E-state index in [9.17, 15) is 4.79 Å².